The predicted octanol–water partition coefficient (Wildman–Crippen LogP) is -0.802. The number of hydrogen-bond acceptors (Lipinski definition) is 3. The molecule has 0 aromatic heterocycles. The number of nitrogens with zero attached hydrogens (tertiary/aromatic N) is 2. The minimum absolute atomic E-state index is 0.0329. The van der Waals surface area contributed by atoms with Gasteiger partial charge in [-0.2, -0.15) is 0 Å². The Kier molecular flexibility index (Phi) is 3.90. The highest BCUT2D eigenvalue weighted by atomic mass is 16.3. The van der Waals surface area contributed by atoms with E-state index >= 15 is 0 Å². The fourth-order valence-corrected chi connectivity index (χ4v) is 1.49. The lowest BCUT2D eigenvalue weighted by Gasteiger charge is -2.34. The zero-order valence-electron chi connectivity index (χ0n) is 9.06. The van der Waals surface area contributed by atoms with Crippen molar-refractivity contribution >= 4 is 11.9 Å². The van der Waals surface area contributed by atoms with Gasteiger partial charge in [0.2, 0.25) is 5.91 Å². The Balaban J connectivity index is 2.37. The normalized spacial score (nSPS) is 18.6. The summed E-state index contributed by atoms with van der Waals surface area (Å²) in [5, 5.41) is 11.4. The average Bonchev–Trinajstić information content (AvgIpc) is 2.17. The molecule has 1 fully saturated rings. The minimum atomic E-state index is -0.844. The summed E-state index contributed by atoms with van der Waals surface area (Å²) in [6.45, 7) is 5.15. The van der Waals surface area contributed by atoms with Gasteiger partial charge >= 0.3 is 6.03 Å². The molecule has 0 radical (unpaired) electrons. The van der Waals surface area contributed by atoms with Gasteiger partial charge in [-0.25, -0.2) is 4.79 Å². The van der Waals surface area contributed by atoms with Gasteiger partial charge in [0.25, 0.3) is 0 Å². The molecule has 15 heavy (non-hydrogen) atoms. The van der Waals surface area contributed by atoms with E-state index in [1.54, 1.807) is 9.80 Å². The third-order valence-electron chi connectivity index (χ3n) is 2.34. The molecule has 0 aromatic carbocycles. The predicted molar refractivity (Wildman–Crippen MR) is 54.0 cm³/mol. The zero-order chi connectivity index (χ0) is 11.4. The second-order valence-corrected chi connectivity index (χ2v) is 3.62. The number of rotatable bonds is 1. The molecule has 86 valence electrons. The third-order valence-corrected chi connectivity index (χ3v) is 2.34. The summed E-state index contributed by atoms with van der Waals surface area (Å²) in [5.41, 5.74) is 0. The summed E-state index contributed by atoms with van der Waals surface area (Å²) in [5.74, 6) is 0.0329. The lowest BCUT2D eigenvalue weighted by atomic mass is 10.3. The molecule has 1 aliphatic rings. The first-order valence-electron chi connectivity index (χ1n) is 4.99. The Hall–Kier alpha value is -1.30. The number of amides is 3. The van der Waals surface area contributed by atoms with Gasteiger partial charge in [-0.1, -0.05) is 0 Å². The van der Waals surface area contributed by atoms with Crippen LogP contribution in [0, 0.1) is 0 Å². The molecule has 0 aromatic rings. The monoisotopic (exact) mass is 215 g/mol. The molecule has 1 saturated heterocycles. The van der Waals surface area contributed by atoms with E-state index in [-0.39, 0.29) is 11.9 Å². The van der Waals surface area contributed by atoms with E-state index in [9.17, 15) is 9.59 Å². The number of carbonyl (C=O) groups is 2. The molecule has 1 atom stereocenters. The van der Waals surface area contributed by atoms with Gasteiger partial charge in [0, 0.05) is 33.1 Å². The van der Waals surface area contributed by atoms with Crippen molar-refractivity contribution in [1.82, 2.24) is 15.1 Å². The van der Waals surface area contributed by atoms with Crippen LogP contribution < -0.4 is 5.32 Å². The van der Waals surface area contributed by atoms with Crippen LogP contribution >= 0.6 is 0 Å². The Labute approximate surface area is 88.8 Å². The number of nitrogens with one attached hydrogen (secondary N) is 1. The van der Waals surface area contributed by atoms with Gasteiger partial charge in [0.1, 0.15) is 6.23 Å². The standard InChI is InChI=1S/C9H17N3O3/c1-7(13)10-9(15)12-5-3-11(4-6-12)8(2)14/h7,13H,3-6H2,1-2H3,(H,10,15). The van der Waals surface area contributed by atoms with Crippen LogP contribution in [0.15, 0.2) is 0 Å². The van der Waals surface area contributed by atoms with Crippen LogP contribution in [0.25, 0.3) is 0 Å². The molecule has 6 heteroatoms. The number of piperazine rings is 1. The summed E-state index contributed by atoms with van der Waals surface area (Å²) in [6, 6.07) is -0.284. The van der Waals surface area contributed by atoms with Crippen molar-refractivity contribution in [3.63, 3.8) is 0 Å². The van der Waals surface area contributed by atoms with Crippen LogP contribution in [0.1, 0.15) is 13.8 Å². The van der Waals surface area contributed by atoms with E-state index in [4.69, 9.17) is 5.11 Å². The zero-order valence-corrected chi connectivity index (χ0v) is 9.06. The van der Waals surface area contributed by atoms with Crippen LogP contribution in [0.4, 0.5) is 4.79 Å². The van der Waals surface area contributed by atoms with Crippen LogP contribution in [0.3, 0.4) is 0 Å². The Morgan fingerprint density at radius 2 is 1.67 bits per heavy atom. The first-order valence-corrected chi connectivity index (χ1v) is 4.99. The van der Waals surface area contributed by atoms with Crippen molar-refractivity contribution in [2.45, 2.75) is 20.1 Å². The number of aliphatic hydroxyl groups is 1. The quantitative estimate of drug-likeness (QED) is 0.562. The molecular weight excluding hydrogens is 198 g/mol. The maximum atomic E-state index is 11.4. The molecule has 0 bridgehead atoms. The van der Waals surface area contributed by atoms with Gasteiger partial charge in [0.05, 0.1) is 0 Å². The van der Waals surface area contributed by atoms with Crippen molar-refractivity contribution < 1.29 is 14.7 Å². The smallest absolute Gasteiger partial charge is 0.319 e. The van der Waals surface area contributed by atoms with E-state index in [1.807, 2.05) is 0 Å². The van der Waals surface area contributed by atoms with Gasteiger partial charge in [0.15, 0.2) is 0 Å². The first-order chi connectivity index (χ1) is 7.00. The molecule has 0 spiro atoms. The fraction of sp³-hybridized carbons (Fsp3) is 0.778. The highest BCUT2D eigenvalue weighted by Gasteiger charge is 2.22. The molecule has 0 aliphatic carbocycles. The van der Waals surface area contributed by atoms with Crippen LogP contribution in [0.2, 0.25) is 0 Å². The second kappa shape index (κ2) is 4.97. The molecule has 1 aliphatic heterocycles. The molecule has 3 amide bonds. The maximum absolute atomic E-state index is 11.4. The van der Waals surface area contributed by atoms with Crippen molar-refractivity contribution in [3.05, 3.63) is 0 Å². The lowest BCUT2D eigenvalue weighted by molar-refractivity contribution is -0.130. The highest BCUT2D eigenvalue weighted by Crippen LogP contribution is 2.02. The highest BCUT2D eigenvalue weighted by molar-refractivity contribution is 5.76. The van der Waals surface area contributed by atoms with Gasteiger partial charge < -0.3 is 20.2 Å². The van der Waals surface area contributed by atoms with Crippen molar-refractivity contribution in [2.75, 3.05) is 26.2 Å². The minimum Gasteiger partial charge on any atom is -0.374 e. The molecule has 0 saturated carbocycles. The molecule has 6 nitrogen and oxygen atoms in total. The molecule has 1 rings (SSSR count). The number of urea groups is 1. The van der Waals surface area contributed by atoms with E-state index in [0.717, 1.165) is 0 Å². The van der Waals surface area contributed by atoms with Crippen LogP contribution in [-0.4, -0.2) is 59.3 Å². The van der Waals surface area contributed by atoms with Crippen molar-refractivity contribution in [3.8, 4) is 0 Å². The van der Waals surface area contributed by atoms with E-state index in [0.29, 0.717) is 26.2 Å². The number of carbonyl (C=O) groups excluding carboxylic acids is 2. The van der Waals surface area contributed by atoms with E-state index in [2.05, 4.69) is 5.32 Å². The summed E-state index contributed by atoms with van der Waals surface area (Å²) >= 11 is 0. The lowest BCUT2D eigenvalue weighted by Crippen LogP contribution is -2.53. The molecule has 1 unspecified atom stereocenters. The summed E-state index contributed by atoms with van der Waals surface area (Å²) in [7, 11) is 0. The van der Waals surface area contributed by atoms with Crippen molar-refractivity contribution in [2.24, 2.45) is 0 Å². The summed E-state index contributed by atoms with van der Waals surface area (Å²) in [6.07, 6.45) is -0.844. The van der Waals surface area contributed by atoms with Crippen LogP contribution in [0.5, 0.6) is 0 Å². The summed E-state index contributed by atoms with van der Waals surface area (Å²) < 4.78 is 0. The number of aliphatic hydroxyl groups excluding tert-OH is 1. The summed E-state index contributed by atoms with van der Waals surface area (Å²) in [4.78, 5) is 25.7. The van der Waals surface area contributed by atoms with Crippen molar-refractivity contribution in [1.29, 1.82) is 0 Å². The van der Waals surface area contributed by atoms with Gasteiger partial charge in [-0.15, -0.1) is 0 Å². The number of hydrogen-bond donors (Lipinski definition) is 2. The topological polar surface area (TPSA) is 72.9 Å². The van der Waals surface area contributed by atoms with E-state index in [1.165, 1.54) is 13.8 Å². The van der Waals surface area contributed by atoms with E-state index < -0.39 is 6.23 Å². The van der Waals surface area contributed by atoms with Gasteiger partial charge in [-0.05, 0) is 6.92 Å². The van der Waals surface area contributed by atoms with Gasteiger partial charge in [-0.3, -0.25) is 4.79 Å². The maximum Gasteiger partial charge on any atom is 0.319 e. The molecule has 1 heterocycles. The Morgan fingerprint density at radius 3 is 2.07 bits per heavy atom. The third kappa shape index (κ3) is 3.39. The Bertz CT molecular complexity index is 247. The molecular formula is C9H17N3O3. The largest absolute Gasteiger partial charge is 0.374 e. The van der Waals surface area contributed by atoms with Crippen LogP contribution in [-0.2, 0) is 4.79 Å². The Morgan fingerprint density at radius 1 is 1.20 bits per heavy atom. The first kappa shape index (κ1) is 11.8. The SMILES string of the molecule is CC(=O)N1CCN(C(=O)NC(C)O)CC1. The second-order valence-electron chi connectivity index (χ2n) is 3.62. The molecule has 2 N–H and O–H groups in total. The average molecular weight is 215 g/mol. The fourth-order valence-electron chi connectivity index (χ4n) is 1.49.